The monoisotopic (exact) mass is 266 g/mol. The highest BCUT2D eigenvalue weighted by Crippen LogP contribution is 2.13. The largest absolute Gasteiger partial charge is 0.475 e. The van der Waals surface area contributed by atoms with Gasteiger partial charge in [-0.3, -0.25) is 0 Å². The minimum absolute atomic E-state index is 0.556. The average Bonchev–Trinajstić information content (AvgIpc) is 2.44. The summed E-state index contributed by atoms with van der Waals surface area (Å²) in [5, 5.41) is 3.32. The lowest BCUT2D eigenvalue weighted by atomic mass is 10.2. The molecule has 0 spiro atoms. The average molecular weight is 266 g/mol. The van der Waals surface area contributed by atoms with Gasteiger partial charge in [-0.2, -0.15) is 0 Å². The predicted molar refractivity (Wildman–Crippen MR) is 77.6 cm³/mol. The van der Waals surface area contributed by atoms with Gasteiger partial charge >= 0.3 is 0 Å². The SMILES string of the molecule is CCCOCCOc1cc(CNCC)cc(CC)n1. The van der Waals surface area contributed by atoms with Crippen LogP contribution in [0.3, 0.4) is 0 Å². The van der Waals surface area contributed by atoms with Crippen LogP contribution in [0.1, 0.15) is 38.4 Å². The number of hydrogen-bond acceptors (Lipinski definition) is 4. The quantitative estimate of drug-likeness (QED) is 0.661. The molecule has 4 heteroatoms. The first kappa shape index (κ1) is 15.9. The molecule has 0 aliphatic heterocycles. The van der Waals surface area contributed by atoms with Crippen LogP contribution in [0.4, 0.5) is 0 Å². The van der Waals surface area contributed by atoms with E-state index in [1.165, 1.54) is 5.56 Å². The van der Waals surface area contributed by atoms with Crippen LogP contribution < -0.4 is 10.1 Å². The molecular formula is C15H26N2O2. The van der Waals surface area contributed by atoms with Gasteiger partial charge in [0.15, 0.2) is 0 Å². The Morgan fingerprint density at radius 2 is 1.95 bits per heavy atom. The van der Waals surface area contributed by atoms with Crippen LogP contribution in [0.15, 0.2) is 12.1 Å². The molecule has 0 fully saturated rings. The molecule has 108 valence electrons. The lowest BCUT2D eigenvalue weighted by Crippen LogP contribution is -2.13. The zero-order chi connectivity index (χ0) is 13.9. The molecule has 0 radical (unpaired) electrons. The molecule has 0 saturated heterocycles. The lowest BCUT2D eigenvalue weighted by molar-refractivity contribution is 0.0989. The number of rotatable bonds is 10. The summed E-state index contributed by atoms with van der Waals surface area (Å²) >= 11 is 0. The Morgan fingerprint density at radius 3 is 2.63 bits per heavy atom. The van der Waals surface area contributed by atoms with Crippen LogP contribution in [-0.2, 0) is 17.7 Å². The van der Waals surface area contributed by atoms with Crippen molar-refractivity contribution < 1.29 is 9.47 Å². The van der Waals surface area contributed by atoms with Gasteiger partial charge in [-0.15, -0.1) is 0 Å². The van der Waals surface area contributed by atoms with Gasteiger partial charge in [0.1, 0.15) is 6.61 Å². The van der Waals surface area contributed by atoms with Crippen LogP contribution in [-0.4, -0.2) is 31.3 Å². The van der Waals surface area contributed by atoms with Gasteiger partial charge in [0.05, 0.1) is 6.61 Å². The summed E-state index contributed by atoms with van der Waals surface area (Å²) in [6.07, 6.45) is 1.96. The molecule has 0 atom stereocenters. The molecule has 0 aliphatic carbocycles. The van der Waals surface area contributed by atoms with Gasteiger partial charge in [-0.1, -0.05) is 20.8 Å². The number of ether oxygens (including phenoxy) is 2. The second kappa shape index (κ2) is 9.75. The van der Waals surface area contributed by atoms with E-state index in [9.17, 15) is 0 Å². The molecule has 0 aliphatic rings. The van der Waals surface area contributed by atoms with E-state index < -0.39 is 0 Å². The zero-order valence-corrected chi connectivity index (χ0v) is 12.4. The highest BCUT2D eigenvalue weighted by Gasteiger charge is 2.03. The number of nitrogens with one attached hydrogen (secondary N) is 1. The van der Waals surface area contributed by atoms with E-state index in [2.05, 4.69) is 37.1 Å². The van der Waals surface area contributed by atoms with Crippen LogP contribution in [0.25, 0.3) is 0 Å². The third-order valence-corrected chi connectivity index (χ3v) is 2.68. The molecule has 1 heterocycles. The molecule has 0 saturated carbocycles. The van der Waals surface area contributed by atoms with Crippen molar-refractivity contribution in [1.82, 2.24) is 10.3 Å². The Balaban J connectivity index is 2.50. The molecule has 1 N–H and O–H groups in total. The normalized spacial score (nSPS) is 10.7. The first-order valence-corrected chi connectivity index (χ1v) is 7.21. The zero-order valence-electron chi connectivity index (χ0n) is 12.4. The van der Waals surface area contributed by atoms with E-state index in [1.54, 1.807) is 0 Å². The van der Waals surface area contributed by atoms with Crippen LogP contribution in [0.2, 0.25) is 0 Å². The first-order chi connectivity index (χ1) is 9.30. The van der Waals surface area contributed by atoms with E-state index >= 15 is 0 Å². The molecule has 4 nitrogen and oxygen atoms in total. The molecule has 0 unspecified atom stereocenters. The summed E-state index contributed by atoms with van der Waals surface area (Å²) in [7, 11) is 0. The second-order valence-electron chi connectivity index (χ2n) is 4.40. The van der Waals surface area contributed by atoms with Crippen LogP contribution in [0, 0.1) is 0 Å². The minimum atomic E-state index is 0.556. The highest BCUT2D eigenvalue weighted by molar-refractivity contribution is 5.25. The van der Waals surface area contributed by atoms with E-state index in [4.69, 9.17) is 9.47 Å². The predicted octanol–water partition coefficient (Wildman–Crippen LogP) is 2.56. The lowest BCUT2D eigenvalue weighted by Gasteiger charge is -2.10. The Morgan fingerprint density at radius 1 is 1.11 bits per heavy atom. The Bertz CT molecular complexity index is 356. The fraction of sp³-hybridized carbons (Fsp3) is 0.667. The molecule has 19 heavy (non-hydrogen) atoms. The number of aromatic nitrogens is 1. The van der Waals surface area contributed by atoms with E-state index in [0.29, 0.717) is 19.1 Å². The highest BCUT2D eigenvalue weighted by atomic mass is 16.5. The third-order valence-electron chi connectivity index (χ3n) is 2.68. The Hall–Kier alpha value is -1.13. The topological polar surface area (TPSA) is 43.4 Å². The maximum atomic E-state index is 5.65. The van der Waals surface area contributed by atoms with Crippen molar-refractivity contribution in [2.45, 2.75) is 40.2 Å². The van der Waals surface area contributed by atoms with Gasteiger partial charge in [0.25, 0.3) is 0 Å². The molecule has 0 bridgehead atoms. The number of nitrogens with zero attached hydrogens (tertiary/aromatic N) is 1. The summed E-state index contributed by atoms with van der Waals surface area (Å²) in [5.74, 6) is 0.701. The van der Waals surface area contributed by atoms with Crippen molar-refractivity contribution in [3.05, 3.63) is 23.4 Å². The summed E-state index contributed by atoms with van der Waals surface area (Å²) < 4.78 is 11.0. The fourth-order valence-corrected chi connectivity index (χ4v) is 1.70. The molecule has 1 aromatic heterocycles. The van der Waals surface area contributed by atoms with Crippen molar-refractivity contribution in [2.24, 2.45) is 0 Å². The van der Waals surface area contributed by atoms with Gasteiger partial charge < -0.3 is 14.8 Å². The summed E-state index contributed by atoms with van der Waals surface area (Å²) in [6.45, 7) is 10.1. The van der Waals surface area contributed by atoms with Gasteiger partial charge in [0.2, 0.25) is 5.88 Å². The van der Waals surface area contributed by atoms with Crippen molar-refractivity contribution >= 4 is 0 Å². The molecule has 0 aromatic carbocycles. The van der Waals surface area contributed by atoms with Crippen molar-refractivity contribution in [3.8, 4) is 5.88 Å². The van der Waals surface area contributed by atoms with Crippen molar-refractivity contribution in [1.29, 1.82) is 0 Å². The first-order valence-electron chi connectivity index (χ1n) is 7.21. The molecule has 1 aromatic rings. The number of hydrogen-bond donors (Lipinski definition) is 1. The summed E-state index contributed by atoms with van der Waals surface area (Å²) in [4.78, 5) is 4.47. The van der Waals surface area contributed by atoms with Gasteiger partial charge in [0, 0.05) is 24.9 Å². The smallest absolute Gasteiger partial charge is 0.213 e. The summed E-state index contributed by atoms with van der Waals surface area (Å²) in [5.41, 5.74) is 2.29. The Labute approximate surface area is 116 Å². The second-order valence-corrected chi connectivity index (χ2v) is 4.40. The third kappa shape index (κ3) is 6.55. The Kier molecular flexibility index (Phi) is 8.18. The maximum absolute atomic E-state index is 5.65. The van der Waals surface area contributed by atoms with Crippen LogP contribution >= 0.6 is 0 Å². The van der Waals surface area contributed by atoms with Gasteiger partial charge in [-0.25, -0.2) is 4.98 Å². The standard InChI is InChI=1S/C15H26N2O2/c1-4-7-18-8-9-19-15-11-13(12-16-6-3)10-14(5-2)17-15/h10-11,16H,4-9,12H2,1-3H3. The van der Waals surface area contributed by atoms with E-state index in [1.807, 2.05) is 6.07 Å². The summed E-state index contributed by atoms with van der Waals surface area (Å²) in [6, 6.07) is 4.13. The van der Waals surface area contributed by atoms with E-state index in [-0.39, 0.29) is 0 Å². The molecular weight excluding hydrogens is 240 g/mol. The number of pyridine rings is 1. The van der Waals surface area contributed by atoms with E-state index in [0.717, 1.165) is 38.2 Å². The fourth-order valence-electron chi connectivity index (χ4n) is 1.70. The maximum Gasteiger partial charge on any atom is 0.213 e. The minimum Gasteiger partial charge on any atom is -0.475 e. The van der Waals surface area contributed by atoms with Crippen LogP contribution in [0.5, 0.6) is 5.88 Å². The molecule has 1 rings (SSSR count). The van der Waals surface area contributed by atoms with Gasteiger partial charge in [-0.05, 0) is 31.0 Å². The number of aryl methyl sites for hydroxylation is 1. The van der Waals surface area contributed by atoms with Crippen molar-refractivity contribution in [2.75, 3.05) is 26.4 Å². The van der Waals surface area contributed by atoms with Crippen molar-refractivity contribution in [3.63, 3.8) is 0 Å². The molecule has 0 amide bonds.